The first-order valence-electron chi connectivity index (χ1n) is 18.7. The second kappa shape index (κ2) is 12.3. The summed E-state index contributed by atoms with van der Waals surface area (Å²) in [5, 5.41) is 12.9. The van der Waals surface area contributed by atoms with Gasteiger partial charge in [-0.05, 0) is 113 Å². The van der Waals surface area contributed by atoms with E-state index in [2.05, 4.69) is 195 Å². The summed E-state index contributed by atoms with van der Waals surface area (Å²) in [4.78, 5) is 0. The summed E-state index contributed by atoms with van der Waals surface area (Å²) < 4.78 is 2.62. The van der Waals surface area contributed by atoms with E-state index in [1.807, 2.05) is 11.3 Å². The fourth-order valence-corrected chi connectivity index (χ4v) is 10.1. The van der Waals surface area contributed by atoms with Crippen LogP contribution in [0.25, 0.3) is 108 Å². The van der Waals surface area contributed by atoms with Crippen LogP contribution in [-0.4, -0.2) is 0 Å². The van der Waals surface area contributed by atoms with E-state index in [1.54, 1.807) is 0 Å². The summed E-state index contributed by atoms with van der Waals surface area (Å²) in [6.07, 6.45) is 0. The average Bonchev–Trinajstić information content (AvgIpc) is 3.61. The van der Waals surface area contributed by atoms with Gasteiger partial charge in [-0.1, -0.05) is 175 Å². The van der Waals surface area contributed by atoms with Crippen LogP contribution in [-0.2, 0) is 0 Å². The van der Waals surface area contributed by atoms with E-state index in [9.17, 15) is 0 Å². The molecule has 0 spiro atoms. The molecule has 11 rings (SSSR count). The van der Waals surface area contributed by atoms with Gasteiger partial charge in [-0.15, -0.1) is 11.3 Å². The van der Waals surface area contributed by atoms with Crippen LogP contribution in [0, 0.1) is 6.92 Å². The molecule has 0 amide bonds. The largest absolute Gasteiger partial charge is 0.135 e. The zero-order chi connectivity index (χ0) is 35.8. The molecule has 1 heterocycles. The number of hydrogen-bond acceptors (Lipinski definition) is 1. The average molecular weight is 703 g/mol. The van der Waals surface area contributed by atoms with Crippen molar-refractivity contribution < 1.29 is 0 Å². The van der Waals surface area contributed by atoms with Gasteiger partial charge in [0.15, 0.2) is 0 Å². The predicted molar refractivity (Wildman–Crippen MR) is 236 cm³/mol. The summed E-state index contributed by atoms with van der Waals surface area (Å²) in [6.45, 7) is 2.16. The molecule has 1 aromatic heterocycles. The van der Waals surface area contributed by atoms with Crippen molar-refractivity contribution in [3.8, 4) is 44.5 Å². The van der Waals surface area contributed by atoms with Crippen LogP contribution in [0.15, 0.2) is 188 Å². The van der Waals surface area contributed by atoms with Crippen molar-refractivity contribution in [2.75, 3.05) is 0 Å². The van der Waals surface area contributed by atoms with E-state index in [-0.39, 0.29) is 0 Å². The van der Waals surface area contributed by atoms with Gasteiger partial charge in [0.2, 0.25) is 0 Å². The van der Waals surface area contributed by atoms with Crippen LogP contribution in [0.3, 0.4) is 0 Å². The standard InChI is InChI=1S/C53H34S/c1-33-26-28-35(29-27-33)50-41-20-9-11-22-43(41)52(44-23-12-10-21-42(44)50)45-24-13-25-48-53(45)46-32-36(30-31-47(46)54-48)51-39-18-7-5-16-37(39)49(34-14-3-2-4-15-34)38-17-6-8-19-40(38)51/h2-32H,1H3. The van der Waals surface area contributed by atoms with Crippen LogP contribution in [0.1, 0.15) is 5.56 Å². The quantitative estimate of drug-likeness (QED) is 0.160. The Balaban J connectivity index is 1.22. The fourth-order valence-electron chi connectivity index (χ4n) is 9.00. The molecule has 54 heavy (non-hydrogen) atoms. The minimum atomic E-state index is 1.24. The van der Waals surface area contributed by atoms with Crippen LogP contribution in [0.4, 0.5) is 0 Å². The first kappa shape index (κ1) is 31.0. The van der Waals surface area contributed by atoms with Gasteiger partial charge >= 0.3 is 0 Å². The lowest BCUT2D eigenvalue weighted by Crippen LogP contribution is -1.91. The van der Waals surface area contributed by atoms with Gasteiger partial charge in [0.05, 0.1) is 0 Å². The number of fused-ring (bicyclic) bond motifs is 7. The molecule has 0 aliphatic rings. The maximum Gasteiger partial charge on any atom is 0.0361 e. The Labute approximate surface area is 318 Å². The first-order valence-corrected chi connectivity index (χ1v) is 19.5. The molecule has 1 heteroatoms. The highest BCUT2D eigenvalue weighted by molar-refractivity contribution is 7.26. The van der Waals surface area contributed by atoms with E-state index < -0.39 is 0 Å². The van der Waals surface area contributed by atoms with Crippen molar-refractivity contribution in [3.63, 3.8) is 0 Å². The molecule has 0 saturated heterocycles. The summed E-state index contributed by atoms with van der Waals surface area (Å²) in [7, 11) is 0. The number of hydrogen-bond donors (Lipinski definition) is 0. The molecular weight excluding hydrogens is 669 g/mol. The lowest BCUT2D eigenvalue weighted by molar-refractivity contribution is 1.47. The topological polar surface area (TPSA) is 0 Å². The Hall–Kier alpha value is -6.54. The summed E-state index contributed by atoms with van der Waals surface area (Å²) in [6, 6.07) is 69.8. The monoisotopic (exact) mass is 702 g/mol. The van der Waals surface area contributed by atoms with Gasteiger partial charge < -0.3 is 0 Å². The van der Waals surface area contributed by atoms with E-state index in [0.717, 1.165) is 0 Å². The van der Waals surface area contributed by atoms with Crippen LogP contribution in [0.5, 0.6) is 0 Å². The third kappa shape index (κ3) is 4.69. The van der Waals surface area contributed by atoms with Gasteiger partial charge in [-0.2, -0.15) is 0 Å². The molecule has 0 fully saturated rings. The minimum absolute atomic E-state index is 1.24. The predicted octanol–water partition coefficient (Wildman–Crippen LogP) is 15.6. The highest BCUT2D eigenvalue weighted by atomic mass is 32.1. The van der Waals surface area contributed by atoms with Gasteiger partial charge in [0, 0.05) is 20.2 Å². The molecule has 0 aliphatic heterocycles. The smallest absolute Gasteiger partial charge is 0.0361 e. The van der Waals surface area contributed by atoms with Crippen LogP contribution < -0.4 is 0 Å². The van der Waals surface area contributed by atoms with Gasteiger partial charge in [-0.25, -0.2) is 0 Å². The van der Waals surface area contributed by atoms with Crippen LogP contribution in [0.2, 0.25) is 0 Å². The normalized spacial score (nSPS) is 11.8. The maximum atomic E-state index is 2.47. The number of thiophene rings is 1. The molecule has 0 nitrogen and oxygen atoms in total. The highest BCUT2D eigenvalue weighted by Crippen LogP contribution is 2.49. The van der Waals surface area contributed by atoms with E-state index in [4.69, 9.17) is 0 Å². The van der Waals surface area contributed by atoms with E-state index in [1.165, 1.54) is 113 Å². The lowest BCUT2D eigenvalue weighted by Gasteiger charge is -2.19. The lowest BCUT2D eigenvalue weighted by atomic mass is 9.84. The van der Waals surface area contributed by atoms with Crippen molar-refractivity contribution in [3.05, 3.63) is 194 Å². The second-order valence-corrected chi connectivity index (χ2v) is 15.5. The zero-order valence-corrected chi connectivity index (χ0v) is 30.6. The summed E-state index contributed by atoms with van der Waals surface area (Å²) in [5.41, 5.74) is 11.5. The summed E-state index contributed by atoms with van der Waals surface area (Å²) in [5.74, 6) is 0. The third-order valence-corrected chi connectivity index (χ3v) is 12.5. The van der Waals surface area contributed by atoms with Crippen molar-refractivity contribution in [2.45, 2.75) is 6.92 Å². The summed E-state index contributed by atoms with van der Waals surface area (Å²) >= 11 is 1.89. The second-order valence-electron chi connectivity index (χ2n) is 14.4. The molecule has 0 radical (unpaired) electrons. The molecule has 10 aromatic carbocycles. The molecule has 0 atom stereocenters. The Morgan fingerprint density at radius 1 is 0.296 bits per heavy atom. The Morgan fingerprint density at radius 2 is 0.722 bits per heavy atom. The molecule has 11 aromatic rings. The molecule has 0 bridgehead atoms. The van der Waals surface area contributed by atoms with Crippen molar-refractivity contribution >= 4 is 74.6 Å². The third-order valence-electron chi connectivity index (χ3n) is 11.3. The Morgan fingerprint density at radius 3 is 1.24 bits per heavy atom. The van der Waals surface area contributed by atoms with Gasteiger partial charge in [-0.3, -0.25) is 0 Å². The Bertz CT molecular complexity index is 3140. The van der Waals surface area contributed by atoms with Gasteiger partial charge in [0.1, 0.15) is 0 Å². The molecule has 0 aliphatic carbocycles. The number of aryl methyl sites for hydroxylation is 1. The Kier molecular flexibility index (Phi) is 7.05. The van der Waals surface area contributed by atoms with Gasteiger partial charge in [0.25, 0.3) is 0 Å². The minimum Gasteiger partial charge on any atom is -0.135 e. The molecule has 0 N–H and O–H groups in total. The fraction of sp³-hybridized carbons (Fsp3) is 0.0189. The van der Waals surface area contributed by atoms with Crippen LogP contribution >= 0.6 is 11.3 Å². The van der Waals surface area contributed by atoms with Crippen molar-refractivity contribution in [1.82, 2.24) is 0 Å². The molecular formula is C53H34S. The van der Waals surface area contributed by atoms with E-state index >= 15 is 0 Å². The van der Waals surface area contributed by atoms with Crippen molar-refractivity contribution in [1.29, 1.82) is 0 Å². The number of rotatable bonds is 4. The molecule has 0 saturated carbocycles. The SMILES string of the molecule is Cc1ccc(-c2c3ccccc3c(-c3cccc4sc5ccc(-c6c7ccccc7c(-c7ccccc7)c7ccccc67)cc5c34)c3ccccc23)cc1. The van der Waals surface area contributed by atoms with Crippen molar-refractivity contribution in [2.24, 2.45) is 0 Å². The molecule has 252 valence electrons. The first-order chi connectivity index (χ1) is 26.7. The maximum absolute atomic E-state index is 2.47. The number of benzene rings is 10. The zero-order valence-electron chi connectivity index (χ0n) is 29.8. The molecule has 0 unspecified atom stereocenters. The van der Waals surface area contributed by atoms with E-state index in [0.29, 0.717) is 0 Å². The highest BCUT2D eigenvalue weighted by Gasteiger charge is 2.21.